The first-order valence-electron chi connectivity index (χ1n) is 13.3. The third-order valence-electron chi connectivity index (χ3n) is 7.27. The molecule has 3 N–H and O–H groups in total. The van der Waals surface area contributed by atoms with Gasteiger partial charge < -0.3 is 34.7 Å². The van der Waals surface area contributed by atoms with Crippen molar-refractivity contribution in [2.45, 2.75) is 64.6 Å². The van der Waals surface area contributed by atoms with Gasteiger partial charge in [-0.1, -0.05) is 38.2 Å². The average molecular weight is 575 g/mol. The summed E-state index contributed by atoms with van der Waals surface area (Å²) in [5.74, 6) is -2.04. The summed E-state index contributed by atoms with van der Waals surface area (Å²) in [4.78, 5) is 50.6. The zero-order valence-electron chi connectivity index (χ0n) is 25.0. The Morgan fingerprint density at radius 2 is 1.63 bits per heavy atom. The molecule has 0 saturated carbocycles. The van der Waals surface area contributed by atoms with Crippen LogP contribution in [0.15, 0.2) is 58.9 Å². The Morgan fingerprint density at radius 1 is 0.951 bits per heavy atom. The minimum atomic E-state index is -0.972. The van der Waals surface area contributed by atoms with E-state index in [1.54, 1.807) is 40.2 Å². The van der Waals surface area contributed by atoms with Crippen molar-refractivity contribution in [3.8, 4) is 0 Å². The number of nitrogens with two attached hydrogens (primary N) is 1. The van der Waals surface area contributed by atoms with E-state index < -0.39 is 54.1 Å². The Kier molecular flexibility index (Phi) is 12.8. The Balaban J connectivity index is 2.66. The van der Waals surface area contributed by atoms with E-state index in [-0.39, 0.29) is 28.7 Å². The van der Waals surface area contributed by atoms with Crippen molar-refractivity contribution in [1.29, 1.82) is 0 Å². The SMILES string of the molecule is COC1[C@@H](OC)C[C@H](C)[C@@H](OC)C2=CC(=O)C=C(NC(=O)/C(C)=C/C=C\C(OC)[C@@H](OC(N)=O)/C(C)=C/[C@@H]1C)C2=O. The monoisotopic (exact) mass is 574 g/mol. The molecule has 11 nitrogen and oxygen atoms in total. The molecule has 2 aliphatic rings. The van der Waals surface area contributed by atoms with Crippen LogP contribution in [0.1, 0.15) is 34.1 Å². The maximum absolute atomic E-state index is 13.4. The molecule has 2 rings (SSSR count). The average Bonchev–Trinajstić information content (AvgIpc) is 2.91. The molecule has 2 unspecified atom stereocenters. The van der Waals surface area contributed by atoms with E-state index in [0.29, 0.717) is 12.0 Å². The molecule has 0 aromatic carbocycles. The normalized spacial score (nSPS) is 33.9. The highest BCUT2D eigenvalue weighted by atomic mass is 16.6. The Hall–Kier alpha value is -3.38. The molecule has 0 aromatic rings. The molecule has 1 aliphatic heterocycles. The van der Waals surface area contributed by atoms with Crippen LogP contribution in [-0.2, 0) is 38.1 Å². The summed E-state index contributed by atoms with van der Waals surface area (Å²) in [5.41, 5.74) is 6.29. The molecular formula is C30H42N2O9. The quantitative estimate of drug-likeness (QED) is 0.373. The summed E-state index contributed by atoms with van der Waals surface area (Å²) in [6.45, 7) is 7.17. The van der Waals surface area contributed by atoms with Crippen LogP contribution < -0.4 is 11.1 Å². The van der Waals surface area contributed by atoms with E-state index in [0.717, 1.165) is 6.08 Å². The van der Waals surface area contributed by atoms with Crippen LogP contribution in [0.5, 0.6) is 0 Å². The van der Waals surface area contributed by atoms with Crippen LogP contribution in [-0.4, -0.2) is 82.5 Å². The molecule has 226 valence electrons. The zero-order chi connectivity index (χ0) is 30.9. The van der Waals surface area contributed by atoms with Crippen molar-refractivity contribution < 1.29 is 42.9 Å². The number of fused-ring (bicyclic) bond motifs is 2. The van der Waals surface area contributed by atoms with Crippen LogP contribution >= 0.6 is 0 Å². The molecule has 7 atom stereocenters. The van der Waals surface area contributed by atoms with Crippen LogP contribution in [0.3, 0.4) is 0 Å². The first-order chi connectivity index (χ1) is 19.4. The fourth-order valence-electron chi connectivity index (χ4n) is 5.21. The van der Waals surface area contributed by atoms with Gasteiger partial charge in [0, 0.05) is 51.6 Å². The standard InChI is InChI=1S/C30H42N2O9/c1-16-10-9-11-23(37-5)28(41-30(31)36)18(3)12-17(2)27(40-8)24(38-6)13-19(4)26(39-7)21-14-20(33)15-22(25(21)34)32-29(16)35/h9-12,14-15,17,19,23-24,26-28H,13H2,1-8H3,(H2,31,36)(H,32,35)/b11-9-,16-10+,18-12+/t17-,19-,23?,24-,26+,27?,28-/m0/s1. The highest BCUT2D eigenvalue weighted by Crippen LogP contribution is 2.30. The van der Waals surface area contributed by atoms with Crippen LogP contribution in [0.25, 0.3) is 0 Å². The molecule has 2 bridgehead atoms. The molecule has 11 heteroatoms. The molecule has 0 saturated heterocycles. The lowest BCUT2D eigenvalue weighted by Crippen LogP contribution is -2.41. The van der Waals surface area contributed by atoms with E-state index in [9.17, 15) is 19.2 Å². The van der Waals surface area contributed by atoms with E-state index >= 15 is 0 Å². The third-order valence-corrected chi connectivity index (χ3v) is 7.27. The van der Waals surface area contributed by atoms with Crippen LogP contribution in [0.2, 0.25) is 0 Å². The Labute approximate surface area is 241 Å². The Bertz CT molecular complexity index is 1150. The van der Waals surface area contributed by atoms with Gasteiger partial charge in [-0.05, 0) is 37.8 Å². The maximum Gasteiger partial charge on any atom is 0.405 e. The van der Waals surface area contributed by atoms with Gasteiger partial charge in [-0.15, -0.1) is 0 Å². The summed E-state index contributed by atoms with van der Waals surface area (Å²) in [5, 5.41) is 2.54. The molecule has 0 aromatic heterocycles. The summed E-state index contributed by atoms with van der Waals surface area (Å²) < 4.78 is 28.4. The lowest BCUT2D eigenvalue weighted by atomic mass is 9.84. The number of ether oxygens (including phenoxy) is 5. The van der Waals surface area contributed by atoms with Crippen molar-refractivity contribution in [2.75, 3.05) is 28.4 Å². The van der Waals surface area contributed by atoms with Gasteiger partial charge in [0.1, 0.15) is 6.10 Å². The second-order valence-electron chi connectivity index (χ2n) is 10.2. The lowest BCUT2D eigenvalue weighted by molar-refractivity contribution is -0.120. The predicted molar refractivity (Wildman–Crippen MR) is 152 cm³/mol. The van der Waals surface area contributed by atoms with Crippen molar-refractivity contribution in [3.63, 3.8) is 0 Å². The second-order valence-corrected chi connectivity index (χ2v) is 10.2. The number of ketones is 2. The van der Waals surface area contributed by atoms with Crippen LogP contribution in [0, 0.1) is 11.8 Å². The first-order valence-corrected chi connectivity index (χ1v) is 13.3. The zero-order valence-corrected chi connectivity index (χ0v) is 25.0. The molecule has 41 heavy (non-hydrogen) atoms. The number of allylic oxidation sites excluding steroid dienone is 5. The molecule has 0 spiro atoms. The number of Topliss-reactive ketones (excluding diaryl/α,β-unsaturated/α-hetero) is 1. The van der Waals surface area contributed by atoms with Gasteiger partial charge in [0.25, 0.3) is 5.91 Å². The van der Waals surface area contributed by atoms with Gasteiger partial charge in [-0.25, -0.2) is 4.79 Å². The van der Waals surface area contributed by atoms with Gasteiger partial charge in [-0.2, -0.15) is 0 Å². The van der Waals surface area contributed by atoms with E-state index in [1.165, 1.54) is 26.4 Å². The summed E-state index contributed by atoms with van der Waals surface area (Å²) in [7, 11) is 6.05. The van der Waals surface area contributed by atoms with Crippen molar-refractivity contribution in [3.05, 3.63) is 58.9 Å². The molecule has 1 aliphatic carbocycles. The third kappa shape index (κ3) is 8.80. The number of hydrogen-bond acceptors (Lipinski definition) is 9. The highest BCUT2D eigenvalue weighted by molar-refractivity contribution is 6.22. The molecule has 2 amide bonds. The van der Waals surface area contributed by atoms with Gasteiger partial charge in [0.2, 0.25) is 5.78 Å². The summed E-state index contributed by atoms with van der Waals surface area (Å²) in [6.07, 6.45) is 5.11. The van der Waals surface area contributed by atoms with Gasteiger partial charge in [0.05, 0.1) is 24.0 Å². The number of carbonyl (C=O) groups is 4. The van der Waals surface area contributed by atoms with E-state index in [4.69, 9.17) is 29.4 Å². The van der Waals surface area contributed by atoms with E-state index in [2.05, 4.69) is 5.32 Å². The maximum atomic E-state index is 13.4. The topological polar surface area (TPSA) is 152 Å². The minimum absolute atomic E-state index is 0.141. The largest absolute Gasteiger partial charge is 0.439 e. The number of nitrogens with one attached hydrogen (secondary N) is 1. The number of carbonyl (C=O) groups excluding carboxylic acids is 4. The number of rotatable bonds is 5. The fourth-order valence-corrected chi connectivity index (χ4v) is 5.21. The number of primary amides is 1. The van der Waals surface area contributed by atoms with E-state index in [1.807, 2.05) is 19.9 Å². The van der Waals surface area contributed by atoms with Gasteiger partial charge in [0.15, 0.2) is 11.9 Å². The van der Waals surface area contributed by atoms with Gasteiger partial charge >= 0.3 is 6.09 Å². The molecular weight excluding hydrogens is 532 g/mol. The predicted octanol–water partition coefficient (Wildman–Crippen LogP) is 2.71. The molecule has 0 fully saturated rings. The smallest absolute Gasteiger partial charge is 0.405 e. The summed E-state index contributed by atoms with van der Waals surface area (Å²) in [6, 6.07) is 0. The van der Waals surface area contributed by atoms with Crippen molar-refractivity contribution in [1.82, 2.24) is 5.32 Å². The molecule has 1 heterocycles. The molecule has 0 radical (unpaired) electrons. The first kappa shape index (κ1) is 33.8. The number of amides is 2. The Morgan fingerprint density at radius 3 is 2.20 bits per heavy atom. The highest BCUT2D eigenvalue weighted by Gasteiger charge is 2.36. The lowest BCUT2D eigenvalue weighted by Gasteiger charge is -2.34. The number of hydrogen-bond donors (Lipinski definition) is 2. The van der Waals surface area contributed by atoms with Gasteiger partial charge in [-0.3, -0.25) is 14.4 Å². The van der Waals surface area contributed by atoms with Crippen molar-refractivity contribution >= 4 is 23.6 Å². The second kappa shape index (κ2) is 15.6. The summed E-state index contributed by atoms with van der Waals surface area (Å²) >= 11 is 0. The van der Waals surface area contributed by atoms with Crippen LogP contribution in [0.4, 0.5) is 4.79 Å². The fraction of sp³-hybridized carbons (Fsp3) is 0.533. The number of methoxy groups -OCH3 is 4. The minimum Gasteiger partial charge on any atom is -0.439 e. The van der Waals surface area contributed by atoms with Crippen molar-refractivity contribution in [2.24, 2.45) is 17.6 Å².